The maximum absolute atomic E-state index is 12.3. The van der Waals surface area contributed by atoms with Gasteiger partial charge in [0.1, 0.15) is 0 Å². The van der Waals surface area contributed by atoms with E-state index in [1.165, 1.54) is 0 Å². The zero-order valence-electron chi connectivity index (χ0n) is 11.4. The summed E-state index contributed by atoms with van der Waals surface area (Å²) in [5, 5.41) is 5.96. The van der Waals surface area contributed by atoms with Crippen LogP contribution in [0.2, 0.25) is 0 Å². The van der Waals surface area contributed by atoms with Crippen molar-refractivity contribution in [3.8, 4) is 0 Å². The van der Waals surface area contributed by atoms with Crippen LogP contribution in [0, 0.1) is 13.8 Å². The molecule has 0 atom stereocenters. The molecule has 0 radical (unpaired) electrons. The fraction of sp³-hybridized carbons (Fsp3) is 0.188. The van der Waals surface area contributed by atoms with Crippen LogP contribution < -0.4 is 10.6 Å². The van der Waals surface area contributed by atoms with Crippen molar-refractivity contribution in [3.63, 3.8) is 0 Å². The number of para-hydroxylation sites is 1. The van der Waals surface area contributed by atoms with Crippen molar-refractivity contribution in [1.29, 1.82) is 0 Å². The molecule has 0 aliphatic rings. The standard InChI is InChI=1S/C16H18N2O/c1-11-8-12(2)10-13(9-11)18-16(19)14-6-4-5-7-15(14)17-3/h4-10,17H,1-3H3,(H,18,19). The Balaban J connectivity index is 2.25. The van der Waals surface area contributed by atoms with Gasteiger partial charge in [-0.3, -0.25) is 4.79 Å². The van der Waals surface area contributed by atoms with Crippen LogP contribution in [-0.4, -0.2) is 13.0 Å². The van der Waals surface area contributed by atoms with Crippen LogP contribution in [0.4, 0.5) is 11.4 Å². The smallest absolute Gasteiger partial charge is 0.257 e. The Morgan fingerprint density at radius 3 is 2.26 bits per heavy atom. The summed E-state index contributed by atoms with van der Waals surface area (Å²) in [6, 6.07) is 13.5. The first-order chi connectivity index (χ1) is 9.10. The normalized spacial score (nSPS) is 10.1. The summed E-state index contributed by atoms with van der Waals surface area (Å²) >= 11 is 0. The number of rotatable bonds is 3. The fourth-order valence-corrected chi connectivity index (χ4v) is 2.14. The highest BCUT2D eigenvalue weighted by molar-refractivity contribution is 6.08. The second kappa shape index (κ2) is 5.57. The Kier molecular flexibility index (Phi) is 3.85. The van der Waals surface area contributed by atoms with E-state index in [-0.39, 0.29) is 5.91 Å². The predicted molar refractivity (Wildman–Crippen MR) is 79.9 cm³/mol. The largest absolute Gasteiger partial charge is 0.387 e. The Morgan fingerprint density at radius 2 is 1.63 bits per heavy atom. The zero-order valence-corrected chi connectivity index (χ0v) is 11.4. The van der Waals surface area contributed by atoms with Crippen LogP contribution in [0.25, 0.3) is 0 Å². The molecule has 3 heteroatoms. The minimum atomic E-state index is -0.102. The number of hydrogen-bond acceptors (Lipinski definition) is 2. The summed E-state index contributed by atoms with van der Waals surface area (Å²) in [6.07, 6.45) is 0. The van der Waals surface area contributed by atoms with E-state index in [1.54, 1.807) is 0 Å². The number of carbonyl (C=O) groups excluding carboxylic acids is 1. The number of aryl methyl sites for hydroxylation is 2. The number of hydrogen-bond donors (Lipinski definition) is 2. The van der Waals surface area contributed by atoms with Crippen molar-refractivity contribution in [2.75, 3.05) is 17.7 Å². The SMILES string of the molecule is CNc1ccccc1C(=O)Nc1cc(C)cc(C)c1. The summed E-state index contributed by atoms with van der Waals surface area (Å²) in [6.45, 7) is 4.04. The van der Waals surface area contributed by atoms with Gasteiger partial charge in [-0.2, -0.15) is 0 Å². The highest BCUT2D eigenvalue weighted by Gasteiger charge is 2.10. The van der Waals surface area contributed by atoms with Gasteiger partial charge in [0, 0.05) is 18.4 Å². The van der Waals surface area contributed by atoms with Crippen LogP contribution in [-0.2, 0) is 0 Å². The molecule has 98 valence electrons. The van der Waals surface area contributed by atoms with E-state index < -0.39 is 0 Å². The lowest BCUT2D eigenvalue weighted by Gasteiger charge is -2.10. The van der Waals surface area contributed by atoms with Gasteiger partial charge in [-0.05, 0) is 49.2 Å². The van der Waals surface area contributed by atoms with Crippen LogP contribution >= 0.6 is 0 Å². The van der Waals surface area contributed by atoms with Crippen molar-refractivity contribution >= 4 is 17.3 Å². The first-order valence-electron chi connectivity index (χ1n) is 6.26. The lowest BCUT2D eigenvalue weighted by atomic mass is 10.1. The molecule has 0 aromatic heterocycles. The Hall–Kier alpha value is -2.29. The second-order valence-corrected chi connectivity index (χ2v) is 4.63. The van der Waals surface area contributed by atoms with Crippen molar-refractivity contribution in [2.45, 2.75) is 13.8 Å². The molecule has 1 amide bonds. The van der Waals surface area contributed by atoms with E-state index in [9.17, 15) is 4.79 Å². The number of anilines is 2. The molecular formula is C16H18N2O. The first kappa shape index (κ1) is 13.1. The number of carbonyl (C=O) groups is 1. The molecule has 0 bridgehead atoms. The van der Waals surface area contributed by atoms with Crippen molar-refractivity contribution in [2.24, 2.45) is 0 Å². The third-order valence-corrected chi connectivity index (χ3v) is 2.92. The average Bonchev–Trinajstić information content (AvgIpc) is 2.37. The maximum atomic E-state index is 12.3. The van der Waals surface area contributed by atoms with Gasteiger partial charge >= 0.3 is 0 Å². The molecule has 0 saturated heterocycles. The molecular weight excluding hydrogens is 236 g/mol. The third-order valence-electron chi connectivity index (χ3n) is 2.92. The Labute approximate surface area is 113 Å². The lowest BCUT2D eigenvalue weighted by molar-refractivity contribution is 0.102. The third kappa shape index (κ3) is 3.13. The second-order valence-electron chi connectivity index (χ2n) is 4.63. The monoisotopic (exact) mass is 254 g/mol. The molecule has 19 heavy (non-hydrogen) atoms. The number of benzene rings is 2. The zero-order chi connectivity index (χ0) is 13.8. The maximum Gasteiger partial charge on any atom is 0.257 e. The minimum Gasteiger partial charge on any atom is -0.387 e. The van der Waals surface area contributed by atoms with Gasteiger partial charge in [-0.25, -0.2) is 0 Å². The predicted octanol–water partition coefficient (Wildman–Crippen LogP) is 3.60. The van der Waals surface area contributed by atoms with Gasteiger partial charge in [0.05, 0.1) is 5.56 Å². The molecule has 2 rings (SSSR count). The fourth-order valence-electron chi connectivity index (χ4n) is 2.14. The van der Waals surface area contributed by atoms with Crippen LogP contribution in [0.1, 0.15) is 21.5 Å². The quantitative estimate of drug-likeness (QED) is 0.878. The molecule has 2 N–H and O–H groups in total. The average molecular weight is 254 g/mol. The van der Waals surface area contributed by atoms with Gasteiger partial charge in [-0.15, -0.1) is 0 Å². The van der Waals surface area contributed by atoms with Gasteiger partial charge in [0.25, 0.3) is 5.91 Å². The molecule has 0 spiro atoms. The van der Waals surface area contributed by atoms with Crippen molar-refractivity contribution in [1.82, 2.24) is 0 Å². The first-order valence-corrected chi connectivity index (χ1v) is 6.26. The summed E-state index contributed by atoms with van der Waals surface area (Å²) in [5.74, 6) is -0.102. The van der Waals surface area contributed by atoms with E-state index in [0.29, 0.717) is 5.56 Å². The van der Waals surface area contributed by atoms with E-state index >= 15 is 0 Å². The Bertz CT molecular complexity index is 585. The minimum absolute atomic E-state index is 0.102. The Morgan fingerprint density at radius 1 is 1.00 bits per heavy atom. The van der Waals surface area contributed by atoms with Gasteiger partial charge < -0.3 is 10.6 Å². The van der Waals surface area contributed by atoms with Crippen LogP contribution in [0.3, 0.4) is 0 Å². The number of amides is 1. The lowest BCUT2D eigenvalue weighted by Crippen LogP contribution is -2.14. The molecule has 0 heterocycles. The van der Waals surface area contributed by atoms with Gasteiger partial charge in [0.2, 0.25) is 0 Å². The topological polar surface area (TPSA) is 41.1 Å². The van der Waals surface area contributed by atoms with Crippen molar-refractivity contribution < 1.29 is 4.79 Å². The highest BCUT2D eigenvalue weighted by Crippen LogP contribution is 2.18. The molecule has 0 unspecified atom stereocenters. The summed E-state index contributed by atoms with van der Waals surface area (Å²) in [4.78, 5) is 12.3. The molecule has 3 nitrogen and oxygen atoms in total. The van der Waals surface area contributed by atoms with E-state index in [0.717, 1.165) is 22.5 Å². The van der Waals surface area contributed by atoms with Gasteiger partial charge in [-0.1, -0.05) is 18.2 Å². The molecule has 2 aromatic carbocycles. The molecule has 0 fully saturated rings. The van der Waals surface area contributed by atoms with Crippen LogP contribution in [0.15, 0.2) is 42.5 Å². The molecule has 0 aliphatic heterocycles. The van der Waals surface area contributed by atoms with E-state index in [2.05, 4.69) is 16.7 Å². The molecule has 0 aliphatic carbocycles. The van der Waals surface area contributed by atoms with Crippen LogP contribution in [0.5, 0.6) is 0 Å². The van der Waals surface area contributed by atoms with Gasteiger partial charge in [0.15, 0.2) is 0 Å². The highest BCUT2D eigenvalue weighted by atomic mass is 16.1. The summed E-state index contributed by atoms with van der Waals surface area (Å²) in [5.41, 5.74) is 4.57. The summed E-state index contributed by atoms with van der Waals surface area (Å²) in [7, 11) is 1.81. The summed E-state index contributed by atoms with van der Waals surface area (Å²) < 4.78 is 0. The molecule has 0 saturated carbocycles. The number of nitrogens with one attached hydrogen (secondary N) is 2. The van der Waals surface area contributed by atoms with E-state index in [1.807, 2.05) is 57.3 Å². The van der Waals surface area contributed by atoms with E-state index in [4.69, 9.17) is 0 Å². The van der Waals surface area contributed by atoms with Crippen molar-refractivity contribution in [3.05, 3.63) is 59.2 Å². The molecule has 2 aromatic rings.